The first-order valence-corrected chi connectivity index (χ1v) is 12.9. The van der Waals surface area contributed by atoms with Crippen LogP contribution >= 0.6 is 0 Å². The summed E-state index contributed by atoms with van der Waals surface area (Å²) in [6.45, 7) is 1.93. The Hall–Kier alpha value is -3.73. The van der Waals surface area contributed by atoms with Gasteiger partial charge in [-0.2, -0.15) is 0 Å². The maximum Gasteiger partial charge on any atom is 0.327 e. The van der Waals surface area contributed by atoms with Gasteiger partial charge in [-0.1, -0.05) is 121 Å². The fourth-order valence-corrected chi connectivity index (χ4v) is 5.23. The summed E-state index contributed by atoms with van der Waals surface area (Å²) in [7, 11) is 0. The Morgan fingerprint density at radius 3 is 1.89 bits per heavy atom. The molecule has 1 saturated heterocycles. The van der Waals surface area contributed by atoms with Crippen LogP contribution in [0.15, 0.2) is 121 Å². The van der Waals surface area contributed by atoms with Gasteiger partial charge in [0.05, 0.1) is 12.6 Å². The number of hydrogen-bond acceptors (Lipinski definition) is 4. The third-order valence-corrected chi connectivity index (χ3v) is 7.17. The summed E-state index contributed by atoms with van der Waals surface area (Å²) >= 11 is 0. The van der Waals surface area contributed by atoms with E-state index in [1.54, 1.807) is 0 Å². The Labute approximate surface area is 219 Å². The molecule has 0 saturated carbocycles. The van der Waals surface area contributed by atoms with Gasteiger partial charge in [-0.3, -0.25) is 9.69 Å². The smallest absolute Gasteiger partial charge is 0.327 e. The van der Waals surface area contributed by atoms with Crippen LogP contribution in [0.4, 0.5) is 0 Å². The fourth-order valence-electron chi connectivity index (χ4n) is 5.23. The number of hydrogen-bond donors (Lipinski definition) is 0. The first kappa shape index (κ1) is 24.9. The number of nitrogens with zero attached hydrogens (tertiary/aromatic N) is 1. The molecule has 0 radical (unpaired) electrons. The second-order valence-corrected chi connectivity index (χ2v) is 9.62. The molecule has 0 unspecified atom stereocenters. The average Bonchev–Trinajstić information content (AvgIpc) is 2.96. The van der Waals surface area contributed by atoms with E-state index in [4.69, 9.17) is 9.47 Å². The van der Waals surface area contributed by atoms with Crippen molar-refractivity contribution in [1.29, 1.82) is 0 Å². The second kappa shape index (κ2) is 12.0. The number of benzene rings is 4. The van der Waals surface area contributed by atoms with Crippen molar-refractivity contribution in [2.45, 2.75) is 37.6 Å². The third-order valence-electron chi connectivity index (χ3n) is 7.17. The van der Waals surface area contributed by atoms with Crippen LogP contribution in [0.5, 0.6) is 0 Å². The van der Waals surface area contributed by atoms with Crippen molar-refractivity contribution in [3.05, 3.63) is 144 Å². The minimum Gasteiger partial charge on any atom is -0.462 e. The normalized spacial score (nSPS) is 19.9. The van der Waals surface area contributed by atoms with Crippen molar-refractivity contribution in [3.8, 4) is 0 Å². The van der Waals surface area contributed by atoms with Gasteiger partial charge in [0.25, 0.3) is 0 Å². The fraction of sp³-hybridized carbons (Fsp3) is 0.242. The molecule has 4 aromatic rings. The molecule has 0 aliphatic carbocycles. The van der Waals surface area contributed by atoms with E-state index in [0.29, 0.717) is 39.2 Å². The maximum atomic E-state index is 13.8. The number of morpholine rings is 1. The molecule has 0 bridgehead atoms. The van der Waals surface area contributed by atoms with Crippen molar-refractivity contribution in [2.24, 2.45) is 0 Å². The predicted molar refractivity (Wildman–Crippen MR) is 146 cm³/mol. The molecular formula is C33H33NO3. The van der Waals surface area contributed by atoms with Gasteiger partial charge in [0, 0.05) is 26.0 Å². The highest BCUT2D eigenvalue weighted by molar-refractivity contribution is 5.82. The zero-order chi connectivity index (χ0) is 25.3. The molecule has 188 valence electrons. The van der Waals surface area contributed by atoms with Gasteiger partial charge in [0.2, 0.25) is 0 Å². The van der Waals surface area contributed by atoms with Crippen molar-refractivity contribution >= 4 is 5.97 Å². The first-order chi connectivity index (χ1) is 18.2. The lowest BCUT2D eigenvalue weighted by Gasteiger charge is -2.50. The molecule has 1 heterocycles. The molecule has 0 amide bonds. The van der Waals surface area contributed by atoms with Crippen molar-refractivity contribution in [2.75, 3.05) is 13.2 Å². The van der Waals surface area contributed by atoms with Crippen LogP contribution in [0.25, 0.3) is 0 Å². The molecule has 4 aromatic carbocycles. The summed E-state index contributed by atoms with van der Waals surface area (Å²) in [5, 5.41) is 0. The Bertz CT molecular complexity index is 1250. The maximum absolute atomic E-state index is 13.8. The van der Waals surface area contributed by atoms with E-state index in [2.05, 4.69) is 65.6 Å². The Morgan fingerprint density at radius 1 is 0.730 bits per heavy atom. The van der Waals surface area contributed by atoms with Crippen LogP contribution in [0.1, 0.15) is 34.7 Å². The number of ether oxygens (including phenoxy) is 2. The van der Waals surface area contributed by atoms with Crippen LogP contribution in [-0.4, -0.2) is 29.6 Å². The average molecular weight is 492 g/mol. The summed E-state index contributed by atoms with van der Waals surface area (Å²) in [5.41, 5.74) is 3.67. The van der Waals surface area contributed by atoms with E-state index in [9.17, 15) is 4.79 Å². The first-order valence-electron chi connectivity index (χ1n) is 12.9. The molecule has 4 heteroatoms. The highest BCUT2D eigenvalue weighted by Crippen LogP contribution is 2.40. The lowest BCUT2D eigenvalue weighted by Crippen LogP contribution is -2.62. The second-order valence-electron chi connectivity index (χ2n) is 9.62. The van der Waals surface area contributed by atoms with E-state index in [0.717, 1.165) is 16.7 Å². The Morgan fingerprint density at radius 2 is 1.27 bits per heavy atom. The highest BCUT2D eigenvalue weighted by atomic mass is 16.5. The SMILES string of the molecule is O=C1OC[C@@H](c2ccccc2)N(Cc2ccccc2)[C@@]1(CCOCc1ccccc1)Cc1ccccc1. The van der Waals surface area contributed by atoms with Crippen LogP contribution < -0.4 is 0 Å². The summed E-state index contributed by atoms with van der Waals surface area (Å²) in [6, 6.07) is 41.1. The van der Waals surface area contributed by atoms with Gasteiger partial charge in [-0.05, 0) is 22.3 Å². The molecule has 4 nitrogen and oxygen atoms in total. The van der Waals surface area contributed by atoms with E-state index in [1.165, 1.54) is 5.56 Å². The third kappa shape index (κ3) is 5.99. The highest BCUT2D eigenvalue weighted by Gasteiger charge is 2.51. The number of carbonyl (C=O) groups excluding carboxylic acids is 1. The molecule has 37 heavy (non-hydrogen) atoms. The van der Waals surface area contributed by atoms with Crippen LogP contribution in [0.2, 0.25) is 0 Å². The molecule has 2 atom stereocenters. The molecule has 0 aromatic heterocycles. The molecule has 1 aliphatic heterocycles. The van der Waals surface area contributed by atoms with Crippen LogP contribution in [-0.2, 0) is 33.8 Å². The molecule has 5 rings (SSSR count). The van der Waals surface area contributed by atoms with Gasteiger partial charge in [-0.15, -0.1) is 0 Å². The van der Waals surface area contributed by atoms with Gasteiger partial charge >= 0.3 is 5.97 Å². The van der Waals surface area contributed by atoms with E-state index in [1.807, 2.05) is 60.7 Å². The van der Waals surface area contributed by atoms with E-state index in [-0.39, 0.29) is 12.0 Å². The van der Waals surface area contributed by atoms with Crippen molar-refractivity contribution in [3.63, 3.8) is 0 Å². The zero-order valence-electron chi connectivity index (χ0n) is 21.0. The molecule has 0 N–H and O–H groups in total. The minimum atomic E-state index is -0.868. The largest absolute Gasteiger partial charge is 0.462 e. The van der Waals surface area contributed by atoms with E-state index < -0.39 is 5.54 Å². The van der Waals surface area contributed by atoms with Gasteiger partial charge in [0.1, 0.15) is 12.1 Å². The zero-order valence-corrected chi connectivity index (χ0v) is 21.0. The monoisotopic (exact) mass is 491 g/mol. The van der Waals surface area contributed by atoms with Gasteiger partial charge < -0.3 is 9.47 Å². The Kier molecular flexibility index (Phi) is 8.09. The standard InChI is InChI=1S/C33H33NO3/c35-32-33(23-27-13-5-1-6-14-27,21-22-36-25-29-17-9-3-10-18-29)34(24-28-15-7-2-8-16-28)31(26-37-32)30-19-11-4-12-20-30/h1-20,31H,21-26H2/t31-,33-/m0/s1. The lowest BCUT2D eigenvalue weighted by atomic mass is 9.82. The van der Waals surface area contributed by atoms with Crippen molar-refractivity contribution < 1.29 is 14.3 Å². The van der Waals surface area contributed by atoms with E-state index >= 15 is 0 Å². The topological polar surface area (TPSA) is 38.8 Å². The molecule has 0 spiro atoms. The van der Waals surface area contributed by atoms with Crippen LogP contribution in [0.3, 0.4) is 0 Å². The molecule has 1 aliphatic rings. The van der Waals surface area contributed by atoms with Gasteiger partial charge in [-0.25, -0.2) is 0 Å². The number of rotatable bonds is 10. The summed E-state index contributed by atoms with van der Waals surface area (Å²) in [4.78, 5) is 16.2. The summed E-state index contributed by atoms with van der Waals surface area (Å²) < 4.78 is 12.1. The quantitative estimate of drug-likeness (QED) is 0.191. The predicted octanol–water partition coefficient (Wildman–Crippen LogP) is 6.38. The molecule has 1 fully saturated rings. The Balaban J connectivity index is 1.50. The van der Waals surface area contributed by atoms with Crippen molar-refractivity contribution in [1.82, 2.24) is 4.90 Å². The summed E-state index contributed by atoms with van der Waals surface area (Å²) in [6.07, 6.45) is 1.08. The van der Waals surface area contributed by atoms with Crippen LogP contribution in [0, 0.1) is 0 Å². The number of cyclic esters (lactones) is 1. The number of esters is 1. The number of carbonyl (C=O) groups is 1. The van der Waals surface area contributed by atoms with Gasteiger partial charge in [0.15, 0.2) is 0 Å². The lowest BCUT2D eigenvalue weighted by molar-refractivity contribution is -0.180. The summed E-state index contributed by atoms with van der Waals surface area (Å²) in [5.74, 6) is -0.178. The minimum absolute atomic E-state index is 0.0584. The molecular weight excluding hydrogens is 458 g/mol.